The van der Waals surface area contributed by atoms with Crippen molar-refractivity contribution in [3.8, 4) is 0 Å². The Balaban J connectivity index is 1.82. The zero-order valence-electron chi connectivity index (χ0n) is 29.2. The van der Waals surface area contributed by atoms with Crippen molar-refractivity contribution in [1.29, 1.82) is 0 Å². The fraction of sp³-hybridized carbons (Fsp3) is 0.700. The number of allylic oxidation sites excluding steroid dienone is 11. The van der Waals surface area contributed by atoms with Crippen LogP contribution in [0.1, 0.15) is 125 Å². The highest BCUT2D eigenvalue weighted by atomic mass is 16.5. The van der Waals surface area contributed by atoms with Gasteiger partial charge in [-0.1, -0.05) is 70.4 Å². The van der Waals surface area contributed by atoms with E-state index in [4.69, 9.17) is 4.74 Å². The minimum absolute atomic E-state index is 0.699. The van der Waals surface area contributed by atoms with Crippen LogP contribution in [-0.2, 0) is 4.74 Å². The second-order valence-corrected chi connectivity index (χ2v) is 14.0. The average Bonchev–Trinajstić information content (AvgIpc) is 2.96. The third-order valence-electron chi connectivity index (χ3n) is 9.02. The largest absolute Gasteiger partial charge is 0.379 e. The van der Waals surface area contributed by atoms with Gasteiger partial charge in [-0.15, -0.1) is 0 Å². The zero-order chi connectivity index (χ0) is 31.3. The van der Waals surface area contributed by atoms with Crippen LogP contribution in [0.4, 0.5) is 0 Å². The molecular weight excluding hydrogens is 524 g/mol. The summed E-state index contributed by atoms with van der Waals surface area (Å²) in [6.07, 6.45) is 28.0. The summed E-state index contributed by atoms with van der Waals surface area (Å²) in [5.41, 5.74) is 9.04. The second-order valence-electron chi connectivity index (χ2n) is 14.0. The summed E-state index contributed by atoms with van der Waals surface area (Å²) < 4.78 is 5.50. The lowest BCUT2D eigenvalue weighted by atomic mass is 9.78. The number of hydrogen-bond acceptors (Lipinski definition) is 3. The third kappa shape index (κ3) is 19.3. The molecule has 2 aliphatic rings. The van der Waals surface area contributed by atoms with Crippen LogP contribution in [0.5, 0.6) is 0 Å². The fourth-order valence-corrected chi connectivity index (χ4v) is 6.37. The van der Waals surface area contributed by atoms with E-state index >= 15 is 0 Å². The lowest BCUT2D eigenvalue weighted by Gasteiger charge is -2.30. The van der Waals surface area contributed by atoms with Crippen LogP contribution in [0, 0.1) is 11.8 Å². The molecule has 3 heteroatoms. The second kappa shape index (κ2) is 22.8. The summed E-state index contributed by atoms with van der Waals surface area (Å²) in [7, 11) is 0. The average molecular weight is 593 g/mol. The van der Waals surface area contributed by atoms with E-state index in [0.717, 1.165) is 64.6 Å². The van der Waals surface area contributed by atoms with Gasteiger partial charge in [-0.2, -0.15) is 0 Å². The molecule has 1 heterocycles. The van der Waals surface area contributed by atoms with Gasteiger partial charge in [0.1, 0.15) is 0 Å². The molecule has 1 N–H and O–H groups in total. The van der Waals surface area contributed by atoms with Gasteiger partial charge in [-0.25, -0.2) is 0 Å². The molecule has 0 bridgehead atoms. The van der Waals surface area contributed by atoms with E-state index in [2.05, 4.69) is 88.7 Å². The van der Waals surface area contributed by atoms with Crippen LogP contribution >= 0.6 is 0 Å². The van der Waals surface area contributed by atoms with Crippen LogP contribution in [0.3, 0.4) is 0 Å². The normalized spacial score (nSPS) is 20.1. The molecule has 43 heavy (non-hydrogen) atoms. The molecule has 2 atom stereocenters. The van der Waals surface area contributed by atoms with Crippen molar-refractivity contribution < 1.29 is 4.74 Å². The van der Waals surface area contributed by atoms with Gasteiger partial charge in [0.2, 0.25) is 0 Å². The Kier molecular flexibility index (Phi) is 19.9. The molecule has 0 aromatic carbocycles. The van der Waals surface area contributed by atoms with E-state index in [9.17, 15) is 0 Å². The Hall–Kier alpha value is -1.68. The molecule has 244 valence electrons. The topological polar surface area (TPSA) is 24.5 Å². The molecule has 1 fully saturated rings. The number of nitrogens with one attached hydrogen (secondary N) is 1. The molecule has 1 aliphatic carbocycles. The first-order valence-corrected chi connectivity index (χ1v) is 17.7. The van der Waals surface area contributed by atoms with Crippen molar-refractivity contribution in [1.82, 2.24) is 10.2 Å². The number of ether oxygens (including phenoxy) is 1. The maximum absolute atomic E-state index is 5.50. The number of nitrogens with zero attached hydrogens (tertiary/aromatic N) is 1. The fourth-order valence-electron chi connectivity index (χ4n) is 6.37. The molecule has 0 amide bonds. The molecule has 1 aliphatic heterocycles. The van der Waals surface area contributed by atoms with Crippen LogP contribution in [0.15, 0.2) is 70.4 Å². The third-order valence-corrected chi connectivity index (χ3v) is 9.02. The maximum atomic E-state index is 5.50. The SMILES string of the molecule is C=C(CC/C=C(\C)CCC=C(C)C)CCC1C=C(CC/C=C(\C)CCC=C(C)C)CC(CNCCCN2CCOCC2)C1. The first kappa shape index (κ1) is 37.5. The Morgan fingerprint density at radius 2 is 1.49 bits per heavy atom. The minimum atomic E-state index is 0.699. The first-order chi connectivity index (χ1) is 20.7. The predicted molar refractivity (Wildman–Crippen MR) is 191 cm³/mol. The molecule has 0 aromatic heterocycles. The van der Waals surface area contributed by atoms with Gasteiger partial charge in [-0.05, 0) is 156 Å². The van der Waals surface area contributed by atoms with Crippen LogP contribution in [-0.4, -0.2) is 50.8 Å². The molecular formula is C40H68N2O. The standard InChI is InChI=1S/C40H68N2O/c1-33(2)13-8-15-35(5)17-10-18-37(7)21-22-39-29-38(20-11-19-36(6)16-9-14-34(3)4)30-40(31-39)32-41-23-12-24-42-25-27-43-28-26-42/h13-14,17,19,29,39-41H,7-12,15-16,18,20-28,30-32H2,1-6H3/b35-17+,36-19+. The Labute approximate surface area is 267 Å². The molecule has 2 rings (SSSR count). The summed E-state index contributed by atoms with van der Waals surface area (Å²) in [5.74, 6) is 1.46. The van der Waals surface area contributed by atoms with E-state index in [-0.39, 0.29) is 0 Å². The van der Waals surface area contributed by atoms with Crippen molar-refractivity contribution in [3.63, 3.8) is 0 Å². The summed E-state index contributed by atoms with van der Waals surface area (Å²) in [4.78, 5) is 2.55. The van der Waals surface area contributed by atoms with Gasteiger partial charge < -0.3 is 10.1 Å². The summed E-state index contributed by atoms with van der Waals surface area (Å²) in [6.45, 7) is 25.3. The van der Waals surface area contributed by atoms with E-state index in [1.807, 2.05) is 0 Å². The van der Waals surface area contributed by atoms with Crippen LogP contribution in [0.2, 0.25) is 0 Å². The predicted octanol–water partition coefficient (Wildman–Crippen LogP) is 10.5. The van der Waals surface area contributed by atoms with Gasteiger partial charge in [0.05, 0.1) is 13.2 Å². The van der Waals surface area contributed by atoms with Crippen molar-refractivity contribution in [3.05, 3.63) is 70.4 Å². The van der Waals surface area contributed by atoms with E-state index in [1.165, 1.54) is 93.0 Å². The summed E-state index contributed by atoms with van der Waals surface area (Å²) in [5, 5.41) is 3.84. The number of morpholine rings is 1. The van der Waals surface area contributed by atoms with Gasteiger partial charge in [0.15, 0.2) is 0 Å². The molecule has 0 saturated carbocycles. The summed E-state index contributed by atoms with van der Waals surface area (Å²) >= 11 is 0. The quantitative estimate of drug-likeness (QED) is 0.106. The highest BCUT2D eigenvalue weighted by Crippen LogP contribution is 2.34. The van der Waals surface area contributed by atoms with Gasteiger partial charge in [-0.3, -0.25) is 4.90 Å². The Morgan fingerprint density at radius 1 is 0.860 bits per heavy atom. The summed E-state index contributed by atoms with van der Waals surface area (Å²) in [6, 6.07) is 0. The minimum Gasteiger partial charge on any atom is -0.379 e. The molecule has 2 unspecified atom stereocenters. The number of hydrogen-bond donors (Lipinski definition) is 1. The lowest BCUT2D eigenvalue weighted by Crippen LogP contribution is -2.38. The van der Waals surface area contributed by atoms with Crippen molar-refractivity contribution in [2.45, 2.75) is 125 Å². The molecule has 1 saturated heterocycles. The molecule has 0 aromatic rings. The molecule has 0 radical (unpaired) electrons. The van der Waals surface area contributed by atoms with Crippen molar-refractivity contribution >= 4 is 0 Å². The van der Waals surface area contributed by atoms with Gasteiger partial charge >= 0.3 is 0 Å². The van der Waals surface area contributed by atoms with E-state index in [1.54, 1.807) is 11.1 Å². The van der Waals surface area contributed by atoms with Crippen molar-refractivity contribution in [2.24, 2.45) is 11.8 Å². The molecule has 0 spiro atoms. The Morgan fingerprint density at radius 3 is 2.14 bits per heavy atom. The number of rotatable bonds is 21. The highest BCUT2D eigenvalue weighted by molar-refractivity contribution is 5.13. The Bertz CT molecular complexity index is 936. The lowest BCUT2D eigenvalue weighted by molar-refractivity contribution is 0.0374. The molecule has 3 nitrogen and oxygen atoms in total. The van der Waals surface area contributed by atoms with Crippen molar-refractivity contribution in [2.75, 3.05) is 45.9 Å². The van der Waals surface area contributed by atoms with E-state index in [0.29, 0.717) is 5.92 Å². The van der Waals surface area contributed by atoms with Crippen LogP contribution < -0.4 is 5.32 Å². The smallest absolute Gasteiger partial charge is 0.0594 e. The van der Waals surface area contributed by atoms with Crippen LogP contribution in [0.25, 0.3) is 0 Å². The van der Waals surface area contributed by atoms with Gasteiger partial charge in [0, 0.05) is 13.1 Å². The first-order valence-electron chi connectivity index (χ1n) is 17.7. The van der Waals surface area contributed by atoms with E-state index < -0.39 is 0 Å². The highest BCUT2D eigenvalue weighted by Gasteiger charge is 2.22. The zero-order valence-corrected chi connectivity index (χ0v) is 29.2. The van der Waals surface area contributed by atoms with Gasteiger partial charge in [0.25, 0.3) is 0 Å². The monoisotopic (exact) mass is 593 g/mol. The maximum Gasteiger partial charge on any atom is 0.0594 e.